The highest BCUT2D eigenvalue weighted by atomic mass is 19.1. The second-order valence-corrected chi connectivity index (χ2v) is 4.50. The number of hydrogen-bond donors (Lipinski definition) is 2. The zero-order chi connectivity index (χ0) is 13.5. The maximum atomic E-state index is 13.5. The van der Waals surface area contributed by atoms with E-state index in [9.17, 15) is 9.18 Å². The Morgan fingerprint density at radius 2 is 2.00 bits per heavy atom. The molecule has 0 bridgehead atoms. The molecule has 18 heavy (non-hydrogen) atoms. The lowest BCUT2D eigenvalue weighted by molar-refractivity contribution is -0.121. The van der Waals surface area contributed by atoms with Gasteiger partial charge in [0.15, 0.2) is 0 Å². The van der Waals surface area contributed by atoms with Crippen LogP contribution in [-0.4, -0.2) is 18.5 Å². The van der Waals surface area contributed by atoms with Gasteiger partial charge < -0.3 is 10.6 Å². The molecule has 0 aliphatic carbocycles. The summed E-state index contributed by atoms with van der Waals surface area (Å²) in [5, 5.41) is 5.87. The number of rotatable bonds is 6. The predicted octanol–water partition coefficient (Wildman–Crippen LogP) is 2.39. The van der Waals surface area contributed by atoms with Crippen molar-refractivity contribution in [2.24, 2.45) is 0 Å². The van der Waals surface area contributed by atoms with E-state index in [1.807, 2.05) is 6.92 Å². The van der Waals surface area contributed by atoms with E-state index in [4.69, 9.17) is 0 Å². The van der Waals surface area contributed by atoms with E-state index in [-0.39, 0.29) is 24.3 Å². The Kier molecular flexibility index (Phi) is 5.78. The Morgan fingerprint density at radius 1 is 1.33 bits per heavy atom. The molecule has 0 aliphatic heterocycles. The van der Waals surface area contributed by atoms with Crippen LogP contribution in [0.1, 0.15) is 38.8 Å². The van der Waals surface area contributed by atoms with Crippen LogP contribution in [0, 0.1) is 5.82 Å². The molecule has 2 atom stereocenters. The maximum Gasteiger partial charge on any atom is 0.234 e. The average molecular weight is 252 g/mol. The highest BCUT2D eigenvalue weighted by Gasteiger charge is 2.13. The molecule has 0 aliphatic rings. The van der Waals surface area contributed by atoms with Crippen molar-refractivity contribution in [2.45, 2.75) is 39.3 Å². The highest BCUT2D eigenvalue weighted by molar-refractivity contribution is 5.78. The number of nitrogens with one attached hydrogen (secondary N) is 2. The minimum atomic E-state index is -0.322. The lowest BCUT2D eigenvalue weighted by atomic mass is 10.1. The third-order valence-electron chi connectivity index (χ3n) is 2.97. The number of benzene rings is 1. The largest absolute Gasteiger partial charge is 0.348 e. The summed E-state index contributed by atoms with van der Waals surface area (Å²) in [5.41, 5.74) is 0.509. The van der Waals surface area contributed by atoms with Gasteiger partial charge in [0.2, 0.25) is 5.91 Å². The smallest absolute Gasteiger partial charge is 0.234 e. The second-order valence-electron chi connectivity index (χ2n) is 4.50. The van der Waals surface area contributed by atoms with Crippen LogP contribution < -0.4 is 10.6 Å². The topological polar surface area (TPSA) is 41.1 Å². The van der Waals surface area contributed by atoms with Crippen LogP contribution in [0.15, 0.2) is 24.3 Å². The molecule has 1 rings (SSSR count). The maximum absolute atomic E-state index is 13.5. The standard InChI is InChI=1S/C14H21FN2O/c1-4-10(2)16-9-14(18)17-11(3)12-7-5-6-8-13(12)15/h5-8,10-11,16H,4,9H2,1-3H3,(H,17,18). The van der Waals surface area contributed by atoms with Gasteiger partial charge in [-0.25, -0.2) is 4.39 Å². The van der Waals surface area contributed by atoms with Gasteiger partial charge in [0.25, 0.3) is 0 Å². The van der Waals surface area contributed by atoms with Gasteiger partial charge in [-0.05, 0) is 26.3 Å². The second kappa shape index (κ2) is 7.11. The minimum absolute atomic E-state index is 0.119. The minimum Gasteiger partial charge on any atom is -0.348 e. The molecule has 4 heteroatoms. The van der Waals surface area contributed by atoms with Gasteiger partial charge in [-0.3, -0.25) is 4.79 Å². The van der Waals surface area contributed by atoms with Crippen molar-refractivity contribution in [3.8, 4) is 0 Å². The fraction of sp³-hybridized carbons (Fsp3) is 0.500. The number of halogens is 1. The molecule has 100 valence electrons. The van der Waals surface area contributed by atoms with E-state index >= 15 is 0 Å². The molecule has 0 saturated carbocycles. The van der Waals surface area contributed by atoms with Crippen molar-refractivity contribution in [1.29, 1.82) is 0 Å². The average Bonchev–Trinajstić information content (AvgIpc) is 2.36. The Morgan fingerprint density at radius 3 is 2.61 bits per heavy atom. The fourth-order valence-electron chi connectivity index (χ4n) is 1.61. The first-order valence-electron chi connectivity index (χ1n) is 6.31. The molecule has 3 nitrogen and oxygen atoms in total. The number of amides is 1. The van der Waals surface area contributed by atoms with E-state index in [2.05, 4.69) is 17.6 Å². The lowest BCUT2D eigenvalue weighted by Gasteiger charge is -2.16. The number of carbonyl (C=O) groups is 1. The number of hydrogen-bond acceptors (Lipinski definition) is 2. The SMILES string of the molecule is CCC(C)NCC(=O)NC(C)c1ccccc1F. The monoisotopic (exact) mass is 252 g/mol. The van der Waals surface area contributed by atoms with E-state index in [1.165, 1.54) is 6.07 Å². The van der Waals surface area contributed by atoms with Crippen molar-refractivity contribution in [1.82, 2.24) is 10.6 Å². The van der Waals surface area contributed by atoms with Gasteiger partial charge >= 0.3 is 0 Å². The first-order valence-corrected chi connectivity index (χ1v) is 6.31. The third kappa shape index (κ3) is 4.45. The predicted molar refractivity (Wildman–Crippen MR) is 70.7 cm³/mol. The van der Waals surface area contributed by atoms with Crippen LogP contribution in [-0.2, 0) is 4.79 Å². The molecule has 1 aromatic carbocycles. The van der Waals surface area contributed by atoms with Crippen LogP contribution in [0.4, 0.5) is 4.39 Å². The van der Waals surface area contributed by atoms with E-state index < -0.39 is 0 Å². The normalized spacial score (nSPS) is 14.0. The lowest BCUT2D eigenvalue weighted by Crippen LogP contribution is -2.38. The Hall–Kier alpha value is -1.42. The first kappa shape index (κ1) is 14.6. The van der Waals surface area contributed by atoms with Crippen molar-refractivity contribution < 1.29 is 9.18 Å². The van der Waals surface area contributed by atoms with Crippen molar-refractivity contribution >= 4 is 5.91 Å². The van der Waals surface area contributed by atoms with Crippen LogP contribution >= 0.6 is 0 Å². The molecule has 0 spiro atoms. The molecule has 0 fully saturated rings. The fourth-order valence-corrected chi connectivity index (χ4v) is 1.61. The molecular weight excluding hydrogens is 231 g/mol. The van der Waals surface area contributed by atoms with Crippen LogP contribution in [0.2, 0.25) is 0 Å². The summed E-state index contributed by atoms with van der Waals surface area (Å²) in [4.78, 5) is 11.7. The molecule has 0 radical (unpaired) electrons. The van der Waals surface area contributed by atoms with Gasteiger partial charge in [0.05, 0.1) is 12.6 Å². The van der Waals surface area contributed by atoms with E-state index in [0.717, 1.165) is 6.42 Å². The first-order chi connectivity index (χ1) is 8.54. The Labute approximate surface area is 108 Å². The summed E-state index contributed by atoms with van der Waals surface area (Å²) in [7, 11) is 0. The zero-order valence-electron chi connectivity index (χ0n) is 11.2. The van der Waals surface area contributed by atoms with Crippen LogP contribution in [0.3, 0.4) is 0 Å². The van der Waals surface area contributed by atoms with Crippen LogP contribution in [0.25, 0.3) is 0 Å². The molecule has 2 unspecified atom stereocenters. The molecule has 0 saturated heterocycles. The van der Waals surface area contributed by atoms with E-state index in [0.29, 0.717) is 11.6 Å². The summed E-state index contributed by atoms with van der Waals surface area (Å²) in [6, 6.07) is 6.46. The quantitative estimate of drug-likeness (QED) is 0.816. The highest BCUT2D eigenvalue weighted by Crippen LogP contribution is 2.15. The van der Waals surface area contributed by atoms with Crippen LogP contribution in [0.5, 0.6) is 0 Å². The van der Waals surface area contributed by atoms with Crippen molar-refractivity contribution in [2.75, 3.05) is 6.54 Å². The van der Waals surface area contributed by atoms with Gasteiger partial charge in [-0.2, -0.15) is 0 Å². The number of carbonyl (C=O) groups excluding carboxylic acids is 1. The van der Waals surface area contributed by atoms with E-state index in [1.54, 1.807) is 25.1 Å². The summed E-state index contributed by atoms with van der Waals surface area (Å²) in [5.74, 6) is -0.411. The van der Waals surface area contributed by atoms with Gasteiger partial charge in [0, 0.05) is 11.6 Å². The molecule has 0 heterocycles. The summed E-state index contributed by atoms with van der Waals surface area (Å²) in [6.45, 7) is 6.11. The molecule has 1 amide bonds. The molecule has 0 aromatic heterocycles. The third-order valence-corrected chi connectivity index (χ3v) is 2.97. The summed E-state index contributed by atoms with van der Waals surface area (Å²) in [6.07, 6.45) is 0.968. The Balaban J connectivity index is 2.47. The molecule has 1 aromatic rings. The summed E-state index contributed by atoms with van der Waals surface area (Å²) >= 11 is 0. The Bertz CT molecular complexity index is 395. The molecule has 2 N–H and O–H groups in total. The summed E-state index contributed by atoms with van der Waals surface area (Å²) < 4.78 is 13.5. The van der Waals surface area contributed by atoms with Gasteiger partial charge in [-0.1, -0.05) is 25.1 Å². The zero-order valence-corrected chi connectivity index (χ0v) is 11.2. The van der Waals surface area contributed by atoms with Gasteiger partial charge in [0.1, 0.15) is 5.82 Å². The van der Waals surface area contributed by atoms with Gasteiger partial charge in [-0.15, -0.1) is 0 Å². The molecular formula is C14H21FN2O. The van der Waals surface area contributed by atoms with Crippen molar-refractivity contribution in [3.63, 3.8) is 0 Å². The van der Waals surface area contributed by atoms with Crippen molar-refractivity contribution in [3.05, 3.63) is 35.6 Å².